The summed E-state index contributed by atoms with van der Waals surface area (Å²) in [5, 5.41) is 9.71. The molecule has 1 aliphatic heterocycles. The molecule has 0 aliphatic carbocycles. The molecule has 2 atom stereocenters. The average Bonchev–Trinajstić information content (AvgIpc) is 2.88. The van der Waals surface area contributed by atoms with Crippen LogP contribution in [0.25, 0.3) is 0 Å². The molecule has 100 valence electrons. The number of aliphatic hydroxyl groups is 1. The molecule has 0 aromatic heterocycles. The molecule has 1 heterocycles. The Morgan fingerprint density at radius 1 is 1.50 bits per heavy atom. The van der Waals surface area contributed by atoms with E-state index in [4.69, 9.17) is 14.2 Å². The molecular weight excluding hydrogens is 232 g/mol. The van der Waals surface area contributed by atoms with Gasteiger partial charge in [0.25, 0.3) is 0 Å². The number of methoxy groups -OCH3 is 1. The van der Waals surface area contributed by atoms with Crippen LogP contribution in [0.3, 0.4) is 0 Å². The maximum atomic E-state index is 9.71. The Kier molecular flexibility index (Phi) is 4.44. The van der Waals surface area contributed by atoms with Crippen molar-refractivity contribution in [1.82, 2.24) is 0 Å². The van der Waals surface area contributed by atoms with Crippen molar-refractivity contribution in [2.75, 3.05) is 20.3 Å². The summed E-state index contributed by atoms with van der Waals surface area (Å²) in [5.41, 5.74) is 0.772. The molecule has 18 heavy (non-hydrogen) atoms. The van der Waals surface area contributed by atoms with E-state index in [9.17, 15) is 5.11 Å². The van der Waals surface area contributed by atoms with E-state index in [1.54, 1.807) is 20.1 Å². The molecule has 0 saturated carbocycles. The van der Waals surface area contributed by atoms with Crippen LogP contribution < -0.4 is 9.47 Å². The van der Waals surface area contributed by atoms with Crippen LogP contribution in [-0.4, -0.2) is 31.5 Å². The first-order valence-electron chi connectivity index (χ1n) is 6.31. The fourth-order valence-electron chi connectivity index (χ4n) is 2.07. The molecule has 1 saturated heterocycles. The van der Waals surface area contributed by atoms with Gasteiger partial charge in [-0.3, -0.25) is 0 Å². The molecule has 1 aromatic rings. The predicted octanol–water partition coefficient (Wildman–Crippen LogP) is 2.31. The Morgan fingerprint density at radius 3 is 2.94 bits per heavy atom. The van der Waals surface area contributed by atoms with Gasteiger partial charge in [-0.15, -0.1) is 0 Å². The Balaban J connectivity index is 2.07. The van der Waals surface area contributed by atoms with Crippen molar-refractivity contribution >= 4 is 0 Å². The highest BCUT2D eigenvalue weighted by Crippen LogP contribution is 2.30. The zero-order valence-corrected chi connectivity index (χ0v) is 10.9. The molecule has 1 aromatic carbocycles. The minimum Gasteiger partial charge on any atom is -0.497 e. The van der Waals surface area contributed by atoms with E-state index in [1.807, 2.05) is 12.1 Å². The number of rotatable bonds is 5. The summed E-state index contributed by atoms with van der Waals surface area (Å²) < 4.78 is 16.4. The molecule has 4 nitrogen and oxygen atoms in total. The van der Waals surface area contributed by atoms with Crippen LogP contribution in [0.4, 0.5) is 0 Å². The van der Waals surface area contributed by atoms with Crippen LogP contribution in [-0.2, 0) is 4.74 Å². The fourth-order valence-corrected chi connectivity index (χ4v) is 2.07. The van der Waals surface area contributed by atoms with Crippen LogP contribution >= 0.6 is 0 Å². The SMILES string of the molecule is COc1ccc([C@@H](C)O)c(OCC2CCCO2)c1. The molecule has 4 heteroatoms. The maximum absolute atomic E-state index is 9.71. The highest BCUT2D eigenvalue weighted by Gasteiger charge is 2.18. The largest absolute Gasteiger partial charge is 0.497 e. The third kappa shape index (κ3) is 3.15. The molecule has 1 aliphatic rings. The van der Waals surface area contributed by atoms with Crippen molar-refractivity contribution in [3.8, 4) is 11.5 Å². The summed E-state index contributed by atoms with van der Waals surface area (Å²) in [7, 11) is 1.61. The predicted molar refractivity (Wildman–Crippen MR) is 68.1 cm³/mol. The summed E-state index contributed by atoms with van der Waals surface area (Å²) in [6.07, 6.45) is 1.73. The van der Waals surface area contributed by atoms with E-state index in [0.29, 0.717) is 12.4 Å². The van der Waals surface area contributed by atoms with E-state index in [0.717, 1.165) is 30.8 Å². The zero-order chi connectivity index (χ0) is 13.0. The lowest BCUT2D eigenvalue weighted by atomic mass is 10.1. The normalized spacial score (nSPS) is 20.7. The van der Waals surface area contributed by atoms with Crippen LogP contribution in [0.1, 0.15) is 31.4 Å². The maximum Gasteiger partial charge on any atom is 0.128 e. The monoisotopic (exact) mass is 252 g/mol. The molecule has 1 unspecified atom stereocenters. The van der Waals surface area contributed by atoms with E-state index in [1.165, 1.54) is 0 Å². The van der Waals surface area contributed by atoms with E-state index in [-0.39, 0.29) is 6.10 Å². The van der Waals surface area contributed by atoms with Crippen LogP contribution in [0.5, 0.6) is 11.5 Å². The van der Waals surface area contributed by atoms with Gasteiger partial charge in [0.05, 0.1) is 19.3 Å². The highest BCUT2D eigenvalue weighted by molar-refractivity contribution is 5.41. The quantitative estimate of drug-likeness (QED) is 0.873. The van der Waals surface area contributed by atoms with Crippen molar-refractivity contribution in [3.05, 3.63) is 23.8 Å². The Labute approximate surface area is 107 Å². The van der Waals surface area contributed by atoms with Crippen LogP contribution in [0.15, 0.2) is 18.2 Å². The molecule has 2 rings (SSSR count). The van der Waals surface area contributed by atoms with Crippen molar-refractivity contribution < 1.29 is 19.3 Å². The molecule has 0 radical (unpaired) electrons. The third-order valence-corrected chi connectivity index (χ3v) is 3.12. The molecule has 1 fully saturated rings. The standard InChI is InChI=1S/C14H20O4/c1-10(15)13-6-5-11(16-2)8-14(13)18-9-12-4-3-7-17-12/h5-6,8,10,12,15H,3-4,7,9H2,1-2H3/t10-,12?/m1/s1. The van der Waals surface area contributed by atoms with Crippen molar-refractivity contribution in [1.29, 1.82) is 0 Å². The average molecular weight is 252 g/mol. The van der Waals surface area contributed by atoms with Crippen molar-refractivity contribution in [3.63, 3.8) is 0 Å². The van der Waals surface area contributed by atoms with Gasteiger partial charge in [0.1, 0.15) is 18.1 Å². The second kappa shape index (κ2) is 6.07. The van der Waals surface area contributed by atoms with E-state index >= 15 is 0 Å². The van der Waals surface area contributed by atoms with Gasteiger partial charge in [0.2, 0.25) is 0 Å². The highest BCUT2D eigenvalue weighted by atomic mass is 16.5. The number of benzene rings is 1. The first kappa shape index (κ1) is 13.2. The number of hydrogen-bond donors (Lipinski definition) is 1. The van der Waals surface area contributed by atoms with Crippen LogP contribution in [0, 0.1) is 0 Å². The topological polar surface area (TPSA) is 47.9 Å². The van der Waals surface area contributed by atoms with Gasteiger partial charge in [0.15, 0.2) is 0 Å². The van der Waals surface area contributed by atoms with Gasteiger partial charge in [-0.25, -0.2) is 0 Å². The molecular formula is C14H20O4. The Morgan fingerprint density at radius 2 is 2.33 bits per heavy atom. The molecule has 0 amide bonds. The summed E-state index contributed by atoms with van der Waals surface area (Å²) in [4.78, 5) is 0. The number of hydrogen-bond acceptors (Lipinski definition) is 4. The fraction of sp³-hybridized carbons (Fsp3) is 0.571. The Hall–Kier alpha value is -1.26. The van der Waals surface area contributed by atoms with Gasteiger partial charge in [-0.2, -0.15) is 0 Å². The first-order valence-corrected chi connectivity index (χ1v) is 6.31. The number of aliphatic hydroxyl groups excluding tert-OH is 1. The summed E-state index contributed by atoms with van der Waals surface area (Å²) in [6.45, 7) is 3.06. The third-order valence-electron chi connectivity index (χ3n) is 3.12. The van der Waals surface area contributed by atoms with E-state index < -0.39 is 6.10 Å². The first-order chi connectivity index (χ1) is 8.70. The van der Waals surface area contributed by atoms with Crippen molar-refractivity contribution in [2.45, 2.75) is 32.0 Å². The second-order valence-corrected chi connectivity index (χ2v) is 4.53. The smallest absolute Gasteiger partial charge is 0.128 e. The summed E-state index contributed by atoms with van der Waals surface area (Å²) in [5.74, 6) is 1.39. The summed E-state index contributed by atoms with van der Waals surface area (Å²) in [6, 6.07) is 5.45. The number of ether oxygens (including phenoxy) is 3. The second-order valence-electron chi connectivity index (χ2n) is 4.53. The van der Waals surface area contributed by atoms with Crippen molar-refractivity contribution in [2.24, 2.45) is 0 Å². The van der Waals surface area contributed by atoms with Crippen LogP contribution in [0.2, 0.25) is 0 Å². The summed E-state index contributed by atoms with van der Waals surface area (Å²) >= 11 is 0. The van der Waals surface area contributed by atoms with E-state index in [2.05, 4.69) is 0 Å². The molecule has 0 spiro atoms. The minimum atomic E-state index is -0.560. The lowest BCUT2D eigenvalue weighted by Gasteiger charge is -2.17. The Bertz CT molecular complexity index is 383. The van der Waals surface area contributed by atoms with Gasteiger partial charge in [0, 0.05) is 18.2 Å². The minimum absolute atomic E-state index is 0.165. The van der Waals surface area contributed by atoms with Gasteiger partial charge in [-0.1, -0.05) is 0 Å². The molecule has 0 bridgehead atoms. The lowest BCUT2D eigenvalue weighted by Crippen LogP contribution is -2.17. The lowest BCUT2D eigenvalue weighted by molar-refractivity contribution is 0.0663. The molecule has 1 N–H and O–H groups in total. The van der Waals surface area contributed by atoms with Gasteiger partial charge < -0.3 is 19.3 Å². The van der Waals surface area contributed by atoms with Gasteiger partial charge >= 0.3 is 0 Å². The van der Waals surface area contributed by atoms with Gasteiger partial charge in [-0.05, 0) is 31.9 Å². The zero-order valence-electron chi connectivity index (χ0n) is 10.9.